The zero-order valence-electron chi connectivity index (χ0n) is 11.6. The molecule has 1 rings (SSSR count). The van der Waals surface area contributed by atoms with E-state index in [0.717, 1.165) is 18.8 Å². The molecule has 3 heteroatoms. The van der Waals surface area contributed by atoms with Crippen LogP contribution in [0, 0.1) is 23.2 Å². The molecule has 0 saturated heterocycles. The highest BCUT2D eigenvalue weighted by molar-refractivity contribution is 6.32. The molecule has 98 valence electrons. The number of anilines is 1. The van der Waals surface area contributed by atoms with Gasteiger partial charge in [0.15, 0.2) is 0 Å². The van der Waals surface area contributed by atoms with Gasteiger partial charge in [-0.1, -0.05) is 39.3 Å². The van der Waals surface area contributed by atoms with Crippen molar-refractivity contribution in [2.45, 2.75) is 27.7 Å². The molecule has 0 bridgehead atoms. The quantitative estimate of drug-likeness (QED) is 0.791. The number of nitriles is 1. The third-order valence-electron chi connectivity index (χ3n) is 2.61. The lowest BCUT2D eigenvalue weighted by molar-refractivity contribution is 0.553. The van der Waals surface area contributed by atoms with Gasteiger partial charge in [-0.3, -0.25) is 0 Å². The van der Waals surface area contributed by atoms with Crippen molar-refractivity contribution in [2.24, 2.45) is 11.8 Å². The standard InChI is InChI=1S/C15H21ClN2/c1-11(2)9-18(10-12(3)4)14-6-5-13(8-17)15(16)7-14/h5-7,11-12H,9-10H2,1-4H3. The number of rotatable bonds is 5. The Balaban J connectivity index is 2.98. The fourth-order valence-corrected chi connectivity index (χ4v) is 2.18. The van der Waals surface area contributed by atoms with Gasteiger partial charge in [0.25, 0.3) is 0 Å². The molecule has 0 fully saturated rings. The summed E-state index contributed by atoms with van der Waals surface area (Å²) in [5.74, 6) is 1.19. The van der Waals surface area contributed by atoms with E-state index < -0.39 is 0 Å². The van der Waals surface area contributed by atoms with Gasteiger partial charge in [0.05, 0.1) is 10.6 Å². The molecule has 0 unspecified atom stereocenters. The van der Waals surface area contributed by atoms with Gasteiger partial charge in [-0.15, -0.1) is 0 Å². The van der Waals surface area contributed by atoms with E-state index in [1.807, 2.05) is 12.1 Å². The molecular weight excluding hydrogens is 244 g/mol. The van der Waals surface area contributed by atoms with Crippen LogP contribution in [0.15, 0.2) is 18.2 Å². The fraction of sp³-hybridized carbons (Fsp3) is 0.533. The highest BCUT2D eigenvalue weighted by Gasteiger charge is 2.12. The van der Waals surface area contributed by atoms with E-state index in [0.29, 0.717) is 22.4 Å². The minimum Gasteiger partial charge on any atom is -0.371 e. The molecule has 1 aromatic rings. The molecule has 0 aromatic heterocycles. The molecule has 0 heterocycles. The second kappa shape index (κ2) is 6.66. The first kappa shape index (κ1) is 14.9. The van der Waals surface area contributed by atoms with E-state index in [1.54, 1.807) is 6.07 Å². The number of halogens is 1. The summed E-state index contributed by atoms with van der Waals surface area (Å²) >= 11 is 6.10. The van der Waals surface area contributed by atoms with Crippen LogP contribution in [-0.2, 0) is 0 Å². The Hall–Kier alpha value is -1.20. The average molecular weight is 265 g/mol. The molecular formula is C15H21ClN2. The van der Waals surface area contributed by atoms with Crippen molar-refractivity contribution in [3.8, 4) is 6.07 Å². The van der Waals surface area contributed by atoms with Gasteiger partial charge in [0.2, 0.25) is 0 Å². The summed E-state index contributed by atoms with van der Waals surface area (Å²) in [6, 6.07) is 7.76. The van der Waals surface area contributed by atoms with Crippen LogP contribution in [-0.4, -0.2) is 13.1 Å². The molecule has 0 aliphatic heterocycles. The van der Waals surface area contributed by atoms with Crippen LogP contribution in [0.25, 0.3) is 0 Å². The molecule has 0 spiro atoms. The fourth-order valence-electron chi connectivity index (χ4n) is 1.96. The molecule has 0 N–H and O–H groups in total. The highest BCUT2D eigenvalue weighted by atomic mass is 35.5. The maximum Gasteiger partial charge on any atom is 0.101 e. The van der Waals surface area contributed by atoms with E-state index in [4.69, 9.17) is 16.9 Å². The number of nitrogens with zero attached hydrogens (tertiary/aromatic N) is 2. The summed E-state index contributed by atoms with van der Waals surface area (Å²) in [7, 11) is 0. The molecule has 0 amide bonds. The van der Waals surface area contributed by atoms with Crippen LogP contribution in [0.2, 0.25) is 5.02 Å². The molecule has 0 saturated carbocycles. The van der Waals surface area contributed by atoms with Crippen molar-refractivity contribution in [3.63, 3.8) is 0 Å². The Morgan fingerprint density at radius 3 is 2.11 bits per heavy atom. The van der Waals surface area contributed by atoms with Crippen LogP contribution < -0.4 is 4.90 Å². The van der Waals surface area contributed by atoms with Crippen molar-refractivity contribution < 1.29 is 0 Å². The van der Waals surface area contributed by atoms with Crippen LogP contribution in [0.4, 0.5) is 5.69 Å². The topological polar surface area (TPSA) is 27.0 Å². The SMILES string of the molecule is CC(C)CN(CC(C)C)c1ccc(C#N)c(Cl)c1. The van der Waals surface area contributed by atoms with Gasteiger partial charge in [-0.2, -0.15) is 5.26 Å². The molecule has 0 radical (unpaired) electrons. The van der Waals surface area contributed by atoms with Crippen molar-refractivity contribution in [2.75, 3.05) is 18.0 Å². The van der Waals surface area contributed by atoms with E-state index in [1.165, 1.54) is 0 Å². The van der Waals surface area contributed by atoms with E-state index in [9.17, 15) is 0 Å². The first-order valence-electron chi connectivity index (χ1n) is 6.38. The third kappa shape index (κ3) is 4.23. The Bertz CT molecular complexity index is 423. The second-order valence-electron chi connectivity index (χ2n) is 5.47. The molecule has 0 aliphatic rings. The number of hydrogen-bond donors (Lipinski definition) is 0. The maximum absolute atomic E-state index is 8.89. The van der Waals surface area contributed by atoms with Crippen LogP contribution in [0.1, 0.15) is 33.3 Å². The van der Waals surface area contributed by atoms with E-state index in [2.05, 4.69) is 38.7 Å². The summed E-state index contributed by atoms with van der Waals surface area (Å²) in [6.45, 7) is 10.8. The monoisotopic (exact) mass is 264 g/mol. The Labute approximate surface area is 115 Å². The van der Waals surface area contributed by atoms with Gasteiger partial charge >= 0.3 is 0 Å². The minimum atomic E-state index is 0.535. The Morgan fingerprint density at radius 1 is 1.17 bits per heavy atom. The van der Waals surface area contributed by atoms with Crippen molar-refractivity contribution in [1.82, 2.24) is 0 Å². The second-order valence-corrected chi connectivity index (χ2v) is 5.88. The van der Waals surface area contributed by atoms with Crippen LogP contribution in [0.5, 0.6) is 0 Å². The predicted octanol–water partition coefficient (Wildman–Crippen LogP) is 4.33. The predicted molar refractivity (Wildman–Crippen MR) is 78.1 cm³/mol. The Kier molecular flexibility index (Phi) is 5.50. The van der Waals surface area contributed by atoms with Gasteiger partial charge in [-0.25, -0.2) is 0 Å². The smallest absolute Gasteiger partial charge is 0.101 e. The van der Waals surface area contributed by atoms with Crippen LogP contribution >= 0.6 is 11.6 Å². The molecule has 1 aromatic carbocycles. The average Bonchev–Trinajstić information content (AvgIpc) is 2.26. The lowest BCUT2D eigenvalue weighted by Gasteiger charge is -2.28. The lowest BCUT2D eigenvalue weighted by Crippen LogP contribution is -2.31. The summed E-state index contributed by atoms with van der Waals surface area (Å²) in [6.07, 6.45) is 0. The Morgan fingerprint density at radius 2 is 1.72 bits per heavy atom. The first-order valence-corrected chi connectivity index (χ1v) is 6.76. The largest absolute Gasteiger partial charge is 0.371 e. The minimum absolute atomic E-state index is 0.535. The zero-order valence-corrected chi connectivity index (χ0v) is 12.3. The summed E-state index contributed by atoms with van der Waals surface area (Å²) in [4.78, 5) is 2.34. The summed E-state index contributed by atoms with van der Waals surface area (Å²) in [5, 5.41) is 9.43. The van der Waals surface area contributed by atoms with Crippen LogP contribution in [0.3, 0.4) is 0 Å². The van der Waals surface area contributed by atoms with Gasteiger partial charge in [-0.05, 0) is 30.0 Å². The van der Waals surface area contributed by atoms with Gasteiger partial charge in [0.1, 0.15) is 6.07 Å². The first-order chi connectivity index (χ1) is 8.43. The molecule has 0 aliphatic carbocycles. The maximum atomic E-state index is 8.89. The molecule has 18 heavy (non-hydrogen) atoms. The van der Waals surface area contributed by atoms with Gasteiger partial charge < -0.3 is 4.90 Å². The third-order valence-corrected chi connectivity index (χ3v) is 2.92. The van der Waals surface area contributed by atoms with Crippen molar-refractivity contribution in [1.29, 1.82) is 5.26 Å². The van der Waals surface area contributed by atoms with Gasteiger partial charge in [0, 0.05) is 18.8 Å². The number of benzene rings is 1. The zero-order chi connectivity index (χ0) is 13.7. The normalized spacial score (nSPS) is 10.8. The summed E-state index contributed by atoms with van der Waals surface area (Å²) < 4.78 is 0. The lowest BCUT2D eigenvalue weighted by atomic mass is 10.1. The van der Waals surface area contributed by atoms with Crippen molar-refractivity contribution >= 4 is 17.3 Å². The van der Waals surface area contributed by atoms with Crippen molar-refractivity contribution in [3.05, 3.63) is 28.8 Å². The summed E-state index contributed by atoms with van der Waals surface area (Å²) in [5.41, 5.74) is 1.64. The molecule has 0 atom stereocenters. The molecule has 2 nitrogen and oxygen atoms in total. The van der Waals surface area contributed by atoms with E-state index in [-0.39, 0.29) is 0 Å². The number of hydrogen-bond acceptors (Lipinski definition) is 2. The highest BCUT2D eigenvalue weighted by Crippen LogP contribution is 2.24. The van der Waals surface area contributed by atoms with E-state index >= 15 is 0 Å².